The molecule has 0 saturated heterocycles. The Balaban J connectivity index is 3.04. The van der Waals surface area contributed by atoms with Crippen molar-refractivity contribution in [2.24, 2.45) is 7.05 Å². The van der Waals surface area contributed by atoms with Gasteiger partial charge in [-0.15, -0.1) is 6.58 Å². The number of sulfonamides is 1. The zero-order chi connectivity index (χ0) is 10.8. The summed E-state index contributed by atoms with van der Waals surface area (Å²) in [6.07, 6.45) is 2.78. The van der Waals surface area contributed by atoms with Crippen LogP contribution in [0.4, 0.5) is 0 Å². The average Bonchev–Trinajstić information content (AvgIpc) is 2.45. The van der Waals surface area contributed by atoms with Crippen LogP contribution in [0.3, 0.4) is 0 Å². The molecule has 0 bridgehead atoms. The third kappa shape index (κ3) is 2.14. The lowest BCUT2D eigenvalue weighted by atomic mass is 10.7. The molecule has 0 aliphatic rings. The Labute approximate surface area is 87.5 Å². The molecule has 0 fully saturated rings. The molecule has 0 amide bonds. The molecular formula is C7H10ClN3O2S. The quantitative estimate of drug-likeness (QED) is 0.775. The lowest BCUT2D eigenvalue weighted by molar-refractivity contribution is 0.582. The third-order valence-electron chi connectivity index (χ3n) is 1.51. The fraction of sp³-hybridized carbons (Fsp3) is 0.286. The molecule has 1 aromatic rings. The van der Waals surface area contributed by atoms with E-state index in [-0.39, 0.29) is 16.7 Å². The second kappa shape index (κ2) is 4.12. The Bertz CT molecular complexity index is 438. The molecule has 7 heteroatoms. The number of rotatable bonds is 4. The number of aryl methyl sites for hydroxylation is 1. The Morgan fingerprint density at radius 1 is 1.79 bits per heavy atom. The molecule has 0 spiro atoms. The van der Waals surface area contributed by atoms with Crippen LogP contribution < -0.4 is 4.72 Å². The molecule has 0 aliphatic heterocycles. The van der Waals surface area contributed by atoms with Gasteiger partial charge in [0.1, 0.15) is 5.15 Å². The van der Waals surface area contributed by atoms with Crippen molar-refractivity contribution in [2.75, 3.05) is 6.54 Å². The minimum Gasteiger partial charge on any atom is -0.324 e. The number of imidazole rings is 1. The van der Waals surface area contributed by atoms with Crippen LogP contribution >= 0.6 is 11.6 Å². The Kier molecular flexibility index (Phi) is 3.30. The first-order valence-electron chi connectivity index (χ1n) is 3.76. The normalized spacial score (nSPS) is 11.6. The molecule has 0 aliphatic carbocycles. The first kappa shape index (κ1) is 11.2. The fourth-order valence-electron chi connectivity index (χ4n) is 0.811. The molecule has 0 saturated carbocycles. The van der Waals surface area contributed by atoms with E-state index in [1.54, 1.807) is 7.05 Å². The predicted octanol–water partition coefficient (Wildman–Crippen LogP) is 0.538. The fourth-order valence-corrected chi connectivity index (χ4v) is 2.23. The van der Waals surface area contributed by atoms with E-state index >= 15 is 0 Å². The summed E-state index contributed by atoms with van der Waals surface area (Å²) in [4.78, 5) is 3.69. The molecule has 1 N–H and O–H groups in total. The van der Waals surface area contributed by atoms with E-state index in [0.29, 0.717) is 0 Å². The minimum absolute atomic E-state index is 0.0848. The van der Waals surface area contributed by atoms with Crippen LogP contribution in [0.5, 0.6) is 0 Å². The van der Waals surface area contributed by atoms with E-state index in [1.807, 2.05) is 0 Å². The van der Waals surface area contributed by atoms with Crippen LogP contribution in [0.15, 0.2) is 24.0 Å². The van der Waals surface area contributed by atoms with Crippen LogP contribution in [0.1, 0.15) is 0 Å². The van der Waals surface area contributed by atoms with Gasteiger partial charge in [0.2, 0.25) is 5.03 Å². The summed E-state index contributed by atoms with van der Waals surface area (Å²) in [6, 6.07) is 0. The zero-order valence-electron chi connectivity index (χ0n) is 7.57. The van der Waals surface area contributed by atoms with E-state index < -0.39 is 10.0 Å². The van der Waals surface area contributed by atoms with Crippen LogP contribution in [0, 0.1) is 0 Å². The van der Waals surface area contributed by atoms with Gasteiger partial charge in [-0.3, -0.25) is 0 Å². The second-order valence-corrected chi connectivity index (χ2v) is 4.63. The summed E-state index contributed by atoms with van der Waals surface area (Å²) in [5.41, 5.74) is 0. The summed E-state index contributed by atoms with van der Waals surface area (Å²) >= 11 is 5.73. The van der Waals surface area contributed by atoms with Gasteiger partial charge in [0.25, 0.3) is 10.0 Å². The average molecular weight is 236 g/mol. The molecule has 78 valence electrons. The highest BCUT2D eigenvalue weighted by molar-refractivity contribution is 7.89. The van der Waals surface area contributed by atoms with Crippen LogP contribution in [0.2, 0.25) is 5.15 Å². The van der Waals surface area contributed by atoms with Gasteiger partial charge in [-0.25, -0.2) is 18.1 Å². The molecule has 14 heavy (non-hydrogen) atoms. The minimum atomic E-state index is -3.62. The highest BCUT2D eigenvalue weighted by atomic mass is 35.5. The summed E-state index contributed by atoms with van der Waals surface area (Å²) < 4.78 is 26.7. The van der Waals surface area contributed by atoms with Gasteiger partial charge in [-0.05, 0) is 0 Å². The number of nitrogens with zero attached hydrogens (tertiary/aromatic N) is 2. The summed E-state index contributed by atoms with van der Waals surface area (Å²) in [6.45, 7) is 3.55. The summed E-state index contributed by atoms with van der Waals surface area (Å²) in [5, 5.41) is -0.0786. The second-order valence-electron chi connectivity index (χ2n) is 2.59. The predicted molar refractivity (Wildman–Crippen MR) is 53.6 cm³/mol. The Hall–Kier alpha value is -0.850. The number of hydrogen-bond donors (Lipinski definition) is 1. The van der Waals surface area contributed by atoms with Crippen molar-refractivity contribution in [3.63, 3.8) is 0 Å². The standard InChI is InChI=1S/C7H10ClN3O2S/c1-3-4-10-14(12,13)7-6(8)11(2)5-9-7/h3,5,10H,1,4H2,2H3. The van der Waals surface area contributed by atoms with Crippen molar-refractivity contribution in [1.82, 2.24) is 14.3 Å². The van der Waals surface area contributed by atoms with Crippen molar-refractivity contribution in [3.8, 4) is 0 Å². The molecule has 0 unspecified atom stereocenters. The molecule has 1 aromatic heterocycles. The number of nitrogens with one attached hydrogen (secondary N) is 1. The van der Waals surface area contributed by atoms with Gasteiger partial charge >= 0.3 is 0 Å². The van der Waals surface area contributed by atoms with Crippen molar-refractivity contribution in [2.45, 2.75) is 5.03 Å². The lowest BCUT2D eigenvalue weighted by Crippen LogP contribution is -2.24. The SMILES string of the molecule is C=CCNS(=O)(=O)c1ncn(C)c1Cl. The smallest absolute Gasteiger partial charge is 0.261 e. The number of aromatic nitrogens is 2. The Morgan fingerprint density at radius 2 is 2.43 bits per heavy atom. The largest absolute Gasteiger partial charge is 0.324 e. The van der Waals surface area contributed by atoms with Gasteiger partial charge in [-0.2, -0.15) is 0 Å². The van der Waals surface area contributed by atoms with Gasteiger partial charge in [0.15, 0.2) is 0 Å². The van der Waals surface area contributed by atoms with E-state index in [4.69, 9.17) is 11.6 Å². The first-order chi connectivity index (χ1) is 6.49. The molecule has 5 nitrogen and oxygen atoms in total. The van der Waals surface area contributed by atoms with Gasteiger partial charge in [-0.1, -0.05) is 17.7 Å². The first-order valence-corrected chi connectivity index (χ1v) is 5.62. The van der Waals surface area contributed by atoms with Gasteiger partial charge in [0, 0.05) is 13.6 Å². The highest BCUT2D eigenvalue weighted by Crippen LogP contribution is 2.17. The Morgan fingerprint density at radius 3 is 2.86 bits per heavy atom. The van der Waals surface area contributed by atoms with Gasteiger partial charge in [0.05, 0.1) is 6.33 Å². The molecular weight excluding hydrogens is 226 g/mol. The van der Waals surface area contributed by atoms with E-state index in [1.165, 1.54) is 17.0 Å². The molecule has 0 atom stereocenters. The monoisotopic (exact) mass is 235 g/mol. The zero-order valence-corrected chi connectivity index (χ0v) is 9.14. The molecule has 1 rings (SSSR count). The van der Waals surface area contributed by atoms with E-state index in [9.17, 15) is 8.42 Å². The van der Waals surface area contributed by atoms with Crippen LogP contribution in [0.25, 0.3) is 0 Å². The van der Waals surface area contributed by atoms with Gasteiger partial charge < -0.3 is 4.57 Å². The van der Waals surface area contributed by atoms with E-state index in [2.05, 4.69) is 16.3 Å². The number of halogens is 1. The number of hydrogen-bond acceptors (Lipinski definition) is 3. The lowest BCUT2D eigenvalue weighted by Gasteiger charge is -2.01. The topological polar surface area (TPSA) is 64.0 Å². The van der Waals surface area contributed by atoms with Crippen molar-refractivity contribution in [1.29, 1.82) is 0 Å². The molecule has 1 heterocycles. The molecule has 0 radical (unpaired) electrons. The van der Waals surface area contributed by atoms with Crippen molar-refractivity contribution < 1.29 is 8.42 Å². The van der Waals surface area contributed by atoms with Crippen molar-refractivity contribution >= 4 is 21.6 Å². The highest BCUT2D eigenvalue weighted by Gasteiger charge is 2.20. The van der Waals surface area contributed by atoms with E-state index in [0.717, 1.165) is 0 Å². The van der Waals surface area contributed by atoms with Crippen LogP contribution in [-0.2, 0) is 17.1 Å². The molecule has 0 aromatic carbocycles. The third-order valence-corrected chi connectivity index (χ3v) is 3.42. The van der Waals surface area contributed by atoms with Crippen LogP contribution in [-0.4, -0.2) is 24.5 Å². The summed E-state index contributed by atoms with van der Waals surface area (Å²) in [5.74, 6) is 0. The maximum Gasteiger partial charge on any atom is 0.261 e. The maximum atomic E-state index is 11.5. The summed E-state index contributed by atoms with van der Waals surface area (Å²) in [7, 11) is -2.00. The maximum absolute atomic E-state index is 11.5. The van der Waals surface area contributed by atoms with Crippen molar-refractivity contribution in [3.05, 3.63) is 24.1 Å².